The number of benzene rings is 3. The van der Waals surface area contributed by atoms with Crippen LogP contribution in [0.3, 0.4) is 0 Å². The van der Waals surface area contributed by atoms with Crippen molar-refractivity contribution in [1.29, 1.82) is 0 Å². The maximum absolute atomic E-state index is 11.6. The minimum atomic E-state index is -0.905. The molecule has 1 fully saturated rings. The van der Waals surface area contributed by atoms with Gasteiger partial charge in [0, 0.05) is 6.42 Å². The molecular weight excluding hydrogens is 416 g/mol. The number of hydrogen-bond acceptors (Lipinski definition) is 4. The number of hydrogen-bond donors (Lipinski definition) is 1. The molecule has 3 aromatic rings. The van der Waals surface area contributed by atoms with Crippen LogP contribution < -0.4 is 4.74 Å². The molecule has 1 saturated carbocycles. The van der Waals surface area contributed by atoms with Crippen molar-refractivity contribution in [2.45, 2.75) is 44.4 Å². The highest BCUT2D eigenvalue weighted by Crippen LogP contribution is 2.39. The lowest BCUT2D eigenvalue weighted by Crippen LogP contribution is -2.24. The number of ether oxygens (including phenoxy) is 2. The molecule has 2 unspecified atom stereocenters. The summed E-state index contributed by atoms with van der Waals surface area (Å²) in [7, 11) is 1.41. The van der Waals surface area contributed by atoms with E-state index in [0.717, 1.165) is 34.9 Å². The fraction of sp³-hybridized carbons (Fsp3) is 0.357. The van der Waals surface area contributed by atoms with E-state index in [1.165, 1.54) is 25.5 Å². The summed E-state index contributed by atoms with van der Waals surface area (Å²) in [5.74, 6) is 0.527. The number of rotatable bonds is 8. The van der Waals surface area contributed by atoms with Gasteiger partial charge < -0.3 is 14.6 Å². The summed E-state index contributed by atoms with van der Waals surface area (Å²) in [5, 5.41) is 11.3. The van der Waals surface area contributed by atoms with Crippen molar-refractivity contribution in [3.63, 3.8) is 0 Å². The Labute approximate surface area is 194 Å². The van der Waals surface area contributed by atoms with E-state index in [0.29, 0.717) is 36.8 Å². The van der Waals surface area contributed by atoms with E-state index in [-0.39, 0.29) is 5.97 Å². The van der Waals surface area contributed by atoms with Gasteiger partial charge in [0.2, 0.25) is 0 Å². The summed E-state index contributed by atoms with van der Waals surface area (Å²) in [6.45, 7) is 0.635. The molecule has 1 aliphatic carbocycles. The minimum Gasteiger partial charge on any atom is -0.493 e. The number of fused-ring (bicyclic) bond motifs is 1. The fourth-order valence-electron chi connectivity index (χ4n) is 4.86. The molecule has 172 valence electrons. The lowest BCUT2D eigenvalue weighted by atomic mass is 9.75. The number of carboxylic acid groups (broad SMARTS) is 1. The van der Waals surface area contributed by atoms with Gasteiger partial charge >= 0.3 is 11.9 Å². The predicted molar refractivity (Wildman–Crippen MR) is 128 cm³/mol. The van der Waals surface area contributed by atoms with E-state index >= 15 is 0 Å². The molecule has 4 rings (SSSR count). The van der Waals surface area contributed by atoms with E-state index in [1.54, 1.807) is 12.1 Å². The van der Waals surface area contributed by atoms with Crippen LogP contribution in [0.5, 0.6) is 5.75 Å². The maximum Gasteiger partial charge on any atom is 0.335 e. The number of carboxylic acids is 1. The number of methoxy groups -OCH3 is 1. The van der Waals surface area contributed by atoms with E-state index in [1.807, 2.05) is 36.4 Å². The van der Waals surface area contributed by atoms with E-state index in [2.05, 4.69) is 12.1 Å². The molecule has 0 saturated heterocycles. The van der Waals surface area contributed by atoms with Gasteiger partial charge in [-0.3, -0.25) is 4.79 Å². The molecule has 33 heavy (non-hydrogen) atoms. The normalized spacial score (nSPS) is 18.1. The third-order valence-electron chi connectivity index (χ3n) is 6.70. The first kappa shape index (κ1) is 22.8. The van der Waals surface area contributed by atoms with Crippen LogP contribution in [-0.2, 0) is 16.0 Å². The molecule has 0 aliphatic heterocycles. The lowest BCUT2D eigenvalue weighted by Gasteiger charge is -2.32. The zero-order chi connectivity index (χ0) is 23.2. The van der Waals surface area contributed by atoms with Crippen LogP contribution in [0, 0.1) is 5.92 Å². The molecule has 2 atom stereocenters. The third kappa shape index (κ3) is 5.54. The highest BCUT2D eigenvalue weighted by atomic mass is 16.5. The number of aromatic carboxylic acids is 1. The summed E-state index contributed by atoms with van der Waals surface area (Å²) in [6.07, 6.45) is 5.57. The smallest absolute Gasteiger partial charge is 0.335 e. The first-order chi connectivity index (χ1) is 16.0. The van der Waals surface area contributed by atoms with Crippen LogP contribution >= 0.6 is 0 Å². The maximum atomic E-state index is 11.6. The van der Waals surface area contributed by atoms with Gasteiger partial charge in [0.1, 0.15) is 5.75 Å². The zero-order valence-corrected chi connectivity index (χ0v) is 19.0. The van der Waals surface area contributed by atoms with Crippen LogP contribution in [0.4, 0.5) is 0 Å². The van der Waals surface area contributed by atoms with Gasteiger partial charge in [-0.25, -0.2) is 4.79 Å². The number of esters is 1. The van der Waals surface area contributed by atoms with Crippen molar-refractivity contribution in [2.75, 3.05) is 13.7 Å². The molecule has 0 amide bonds. The minimum absolute atomic E-state index is 0.219. The number of carbonyl (C=O) groups is 2. The van der Waals surface area contributed by atoms with Crippen LogP contribution in [-0.4, -0.2) is 30.8 Å². The van der Waals surface area contributed by atoms with Gasteiger partial charge in [-0.2, -0.15) is 0 Å². The highest BCUT2D eigenvalue weighted by molar-refractivity contribution is 5.94. The van der Waals surface area contributed by atoms with Gasteiger partial charge in [-0.15, -0.1) is 0 Å². The summed E-state index contributed by atoms with van der Waals surface area (Å²) in [4.78, 5) is 22.8. The molecule has 1 aliphatic rings. The number of aryl methyl sites for hydroxylation is 1. The van der Waals surface area contributed by atoms with Crippen LogP contribution in [0.2, 0.25) is 0 Å². The topological polar surface area (TPSA) is 72.8 Å². The van der Waals surface area contributed by atoms with Crippen LogP contribution in [0.25, 0.3) is 10.8 Å². The summed E-state index contributed by atoms with van der Waals surface area (Å²) in [6, 6.07) is 19.6. The van der Waals surface area contributed by atoms with Gasteiger partial charge in [0.15, 0.2) is 0 Å². The molecule has 0 bridgehead atoms. The molecule has 0 heterocycles. The Morgan fingerprint density at radius 3 is 2.55 bits per heavy atom. The lowest BCUT2D eigenvalue weighted by molar-refractivity contribution is -0.140. The number of para-hydroxylation sites is 1. The Morgan fingerprint density at radius 1 is 0.970 bits per heavy atom. The molecule has 5 heteroatoms. The Bertz CT molecular complexity index is 1140. The second-order valence-electron chi connectivity index (χ2n) is 8.77. The molecular formula is C28H30O5. The standard InChI is InChI=1S/C28H30O5/c1-32-27(29)15-14-19-6-3-5-9-26(19)33-18-24-7-2-4-8-25(24)22-12-10-21-17-23(28(30)31)13-11-20(21)16-22/h3,5-6,9-13,16-17,24-25H,2,4,7-8,14-15,18H2,1H3,(H,30,31). The molecule has 5 nitrogen and oxygen atoms in total. The molecule has 0 aromatic heterocycles. The van der Waals surface area contributed by atoms with Gasteiger partial charge in [0.25, 0.3) is 0 Å². The first-order valence-corrected chi connectivity index (χ1v) is 11.6. The predicted octanol–water partition coefficient (Wildman–Crippen LogP) is 6.00. The van der Waals surface area contributed by atoms with Gasteiger partial charge in [0.05, 0.1) is 19.3 Å². The SMILES string of the molecule is COC(=O)CCc1ccccc1OCC1CCCCC1c1ccc2cc(C(=O)O)ccc2c1. The second kappa shape index (κ2) is 10.5. The van der Waals surface area contributed by atoms with Crippen molar-refractivity contribution in [1.82, 2.24) is 0 Å². The van der Waals surface area contributed by atoms with Crippen molar-refractivity contribution < 1.29 is 24.2 Å². The largest absolute Gasteiger partial charge is 0.493 e. The summed E-state index contributed by atoms with van der Waals surface area (Å²) >= 11 is 0. The zero-order valence-electron chi connectivity index (χ0n) is 19.0. The van der Waals surface area contributed by atoms with Crippen molar-refractivity contribution in [3.05, 3.63) is 77.4 Å². The molecule has 1 N–H and O–H groups in total. The third-order valence-corrected chi connectivity index (χ3v) is 6.70. The van der Waals surface area contributed by atoms with Crippen molar-refractivity contribution in [3.8, 4) is 5.75 Å². The Hall–Kier alpha value is -3.34. The summed E-state index contributed by atoms with van der Waals surface area (Å²) in [5.41, 5.74) is 2.62. The molecule has 3 aromatic carbocycles. The molecule has 0 radical (unpaired) electrons. The van der Waals surface area contributed by atoms with Crippen molar-refractivity contribution >= 4 is 22.7 Å². The Balaban J connectivity index is 1.49. The van der Waals surface area contributed by atoms with Gasteiger partial charge in [-0.1, -0.05) is 55.3 Å². The Kier molecular flexibility index (Phi) is 7.28. The first-order valence-electron chi connectivity index (χ1n) is 11.6. The van der Waals surface area contributed by atoms with Gasteiger partial charge in [-0.05, 0) is 71.2 Å². The second-order valence-corrected chi connectivity index (χ2v) is 8.77. The summed E-state index contributed by atoms with van der Waals surface area (Å²) < 4.78 is 11.1. The quantitative estimate of drug-likeness (QED) is 0.430. The molecule has 0 spiro atoms. The average molecular weight is 447 g/mol. The fourth-order valence-corrected chi connectivity index (χ4v) is 4.86. The number of carbonyl (C=O) groups excluding carboxylic acids is 1. The average Bonchev–Trinajstić information content (AvgIpc) is 2.86. The highest BCUT2D eigenvalue weighted by Gasteiger charge is 2.27. The van der Waals surface area contributed by atoms with Crippen molar-refractivity contribution in [2.24, 2.45) is 5.92 Å². The van der Waals surface area contributed by atoms with Crippen LogP contribution in [0.15, 0.2) is 60.7 Å². The van der Waals surface area contributed by atoms with E-state index < -0.39 is 5.97 Å². The van der Waals surface area contributed by atoms with E-state index in [4.69, 9.17) is 9.47 Å². The monoisotopic (exact) mass is 446 g/mol. The Morgan fingerprint density at radius 2 is 1.73 bits per heavy atom. The van der Waals surface area contributed by atoms with Crippen LogP contribution in [0.1, 0.15) is 59.5 Å². The van der Waals surface area contributed by atoms with E-state index in [9.17, 15) is 14.7 Å².